The van der Waals surface area contributed by atoms with Gasteiger partial charge in [0.05, 0.1) is 22.6 Å². The summed E-state index contributed by atoms with van der Waals surface area (Å²) in [6.07, 6.45) is 0. The van der Waals surface area contributed by atoms with Crippen molar-refractivity contribution in [2.24, 2.45) is 7.05 Å². The van der Waals surface area contributed by atoms with Crippen LogP contribution in [0.2, 0.25) is 0 Å². The molecule has 24 heavy (non-hydrogen) atoms. The molecule has 0 aliphatic carbocycles. The van der Waals surface area contributed by atoms with Gasteiger partial charge in [0, 0.05) is 12.6 Å². The number of fused-ring (bicyclic) bond motifs is 1. The number of Topliss-reactive ketones (excluding diaryl/α,β-unsaturated/α-hetero) is 1. The third kappa shape index (κ3) is 2.80. The number of ketones is 1. The van der Waals surface area contributed by atoms with Gasteiger partial charge in [-0.1, -0.05) is 30.3 Å². The van der Waals surface area contributed by atoms with Gasteiger partial charge in [-0.2, -0.15) is 0 Å². The van der Waals surface area contributed by atoms with Crippen LogP contribution in [0, 0.1) is 0 Å². The van der Waals surface area contributed by atoms with E-state index in [9.17, 15) is 9.59 Å². The first-order valence-corrected chi connectivity index (χ1v) is 7.81. The lowest BCUT2D eigenvalue weighted by atomic mass is 10.0. The minimum atomic E-state index is -0.282. The fourth-order valence-electron chi connectivity index (χ4n) is 2.88. The number of aromatic nitrogens is 2. The van der Waals surface area contributed by atoms with Crippen molar-refractivity contribution < 1.29 is 9.59 Å². The molecule has 0 saturated heterocycles. The Hall–Kier alpha value is -2.95. The smallest absolute Gasteiger partial charge is 0.252 e. The summed E-state index contributed by atoms with van der Waals surface area (Å²) in [5.41, 5.74) is 2.71. The summed E-state index contributed by atoms with van der Waals surface area (Å²) in [5.74, 6) is 0.362. The highest BCUT2D eigenvalue weighted by Gasteiger charge is 2.19. The minimum absolute atomic E-state index is 0.129. The molecular weight excluding hydrogens is 302 g/mol. The van der Waals surface area contributed by atoms with Crippen LogP contribution in [-0.4, -0.2) is 21.2 Å². The molecule has 5 heteroatoms. The van der Waals surface area contributed by atoms with E-state index in [1.165, 1.54) is 6.92 Å². The predicted molar refractivity (Wildman–Crippen MR) is 93.0 cm³/mol. The average molecular weight is 321 g/mol. The van der Waals surface area contributed by atoms with Gasteiger partial charge < -0.3 is 9.88 Å². The molecule has 0 spiro atoms. The summed E-state index contributed by atoms with van der Waals surface area (Å²) in [7, 11) is 1.93. The summed E-state index contributed by atoms with van der Waals surface area (Å²) in [6, 6.07) is 14.4. The summed E-state index contributed by atoms with van der Waals surface area (Å²) >= 11 is 0. The lowest BCUT2D eigenvalue weighted by Gasteiger charge is -2.15. The topological polar surface area (TPSA) is 64.0 Å². The van der Waals surface area contributed by atoms with E-state index < -0.39 is 0 Å². The number of hydrogen-bond donors (Lipinski definition) is 1. The molecule has 0 fully saturated rings. The first kappa shape index (κ1) is 15.9. The van der Waals surface area contributed by atoms with Crippen LogP contribution in [-0.2, 0) is 7.05 Å². The third-order valence-corrected chi connectivity index (χ3v) is 4.11. The summed E-state index contributed by atoms with van der Waals surface area (Å²) in [5, 5.41) is 2.94. The lowest BCUT2D eigenvalue weighted by Crippen LogP contribution is -2.29. The van der Waals surface area contributed by atoms with Gasteiger partial charge in [-0.3, -0.25) is 9.59 Å². The quantitative estimate of drug-likeness (QED) is 0.750. The van der Waals surface area contributed by atoms with E-state index in [1.54, 1.807) is 24.3 Å². The van der Waals surface area contributed by atoms with Crippen LogP contribution in [0.25, 0.3) is 11.0 Å². The standard InChI is InChI=1S/C19H19N3O2/c1-12(18-21-16-10-6-7-11-17(16)22(18)3)20-19(24)15-9-5-4-8-14(15)13(2)23/h4-12H,1-3H3,(H,20,24). The molecule has 0 saturated carbocycles. The van der Waals surface area contributed by atoms with Gasteiger partial charge in [-0.25, -0.2) is 4.98 Å². The van der Waals surface area contributed by atoms with Crippen molar-refractivity contribution in [3.63, 3.8) is 0 Å². The highest BCUT2D eigenvalue weighted by Crippen LogP contribution is 2.20. The fourth-order valence-corrected chi connectivity index (χ4v) is 2.88. The molecule has 2 aromatic carbocycles. The Balaban J connectivity index is 1.89. The molecule has 122 valence electrons. The number of carbonyl (C=O) groups is 2. The number of rotatable bonds is 4. The maximum atomic E-state index is 12.6. The van der Waals surface area contributed by atoms with Crippen molar-refractivity contribution in [2.45, 2.75) is 19.9 Å². The zero-order chi connectivity index (χ0) is 17.3. The van der Waals surface area contributed by atoms with E-state index in [0.29, 0.717) is 11.1 Å². The number of amides is 1. The molecule has 0 radical (unpaired) electrons. The van der Waals surface area contributed by atoms with E-state index in [0.717, 1.165) is 16.9 Å². The molecule has 1 unspecified atom stereocenters. The second-order valence-electron chi connectivity index (χ2n) is 5.81. The Labute approximate surface area is 140 Å². The molecule has 1 atom stereocenters. The van der Waals surface area contributed by atoms with Crippen LogP contribution in [0.1, 0.15) is 46.4 Å². The van der Waals surface area contributed by atoms with Crippen LogP contribution in [0.3, 0.4) is 0 Å². The van der Waals surface area contributed by atoms with Gasteiger partial charge >= 0.3 is 0 Å². The Morgan fingerprint density at radius 3 is 2.33 bits per heavy atom. The van der Waals surface area contributed by atoms with E-state index in [-0.39, 0.29) is 17.7 Å². The molecule has 3 aromatic rings. The van der Waals surface area contributed by atoms with Crippen LogP contribution < -0.4 is 5.32 Å². The number of nitrogens with one attached hydrogen (secondary N) is 1. The molecule has 1 amide bonds. The van der Waals surface area contributed by atoms with Crippen LogP contribution in [0.15, 0.2) is 48.5 Å². The molecule has 0 bridgehead atoms. The summed E-state index contributed by atoms with van der Waals surface area (Å²) in [6.45, 7) is 3.34. The van der Waals surface area contributed by atoms with Crippen molar-refractivity contribution in [3.8, 4) is 0 Å². The number of para-hydroxylation sites is 2. The third-order valence-electron chi connectivity index (χ3n) is 4.11. The maximum Gasteiger partial charge on any atom is 0.252 e. The Morgan fingerprint density at radius 1 is 1.04 bits per heavy atom. The molecule has 0 aliphatic rings. The second kappa shape index (κ2) is 6.28. The number of hydrogen-bond acceptors (Lipinski definition) is 3. The molecule has 3 rings (SSSR count). The largest absolute Gasteiger partial charge is 0.342 e. The van der Waals surface area contributed by atoms with Crippen molar-refractivity contribution in [1.82, 2.24) is 14.9 Å². The maximum absolute atomic E-state index is 12.6. The fraction of sp³-hybridized carbons (Fsp3) is 0.211. The van der Waals surface area contributed by atoms with Crippen LogP contribution in [0.4, 0.5) is 0 Å². The van der Waals surface area contributed by atoms with Gasteiger partial charge in [0.15, 0.2) is 5.78 Å². The van der Waals surface area contributed by atoms with E-state index in [4.69, 9.17) is 0 Å². The summed E-state index contributed by atoms with van der Waals surface area (Å²) in [4.78, 5) is 28.9. The first-order valence-electron chi connectivity index (χ1n) is 7.81. The highest BCUT2D eigenvalue weighted by atomic mass is 16.2. The average Bonchev–Trinajstić information content (AvgIpc) is 2.92. The van der Waals surface area contributed by atoms with Gasteiger partial charge in [0.1, 0.15) is 5.82 Å². The molecule has 5 nitrogen and oxygen atoms in total. The van der Waals surface area contributed by atoms with Crippen LogP contribution in [0.5, 0.6) is 0 Å². The van der Waals surface area contributed by atoms with Crippen molar-refractivity contribution in [1.29, 1.82) is 0 Å². The van der Waals surface area contributed by atoms with E-state index in [1.807, 2.05) is 42.8 Å². The van der Waals surface area contributed by atoms with Gasteiger partial charge in [0.25, 0.3) is 5.91 Å². The van der Waals surface area contributed by atoms with Crippen molar-refractivity contribution in [3.05, 3.63) is 65.5 Å². The molecule has 1 heterocycles. The van der Waals surface area contributed by atoms with Gasteiger partial charge in [-0.15, -0.1) is 0 Å². The zero-order valence-corrected chi connectivity index (χ0v) is 13.9. The predicted octanol–water partition coefficient (Wildman–Crippen LogP) is 3.27. The second-order valence-corrected chi connectivity index (χ2v) is 5.81. The Kier molecular flexibility index (Phi) is 4.16. The van der Waals surface area contributed by atoms with E-state index >= 15 is 0 Å². The SMILES string of the molecule is CC(=O)c1ccccc1C(=O)NC(C)c1nc2ccccc2n1C. The number of aryl methyl sites for hydroxylation is 1. The normalized spacial score (nSPS) is 12.1. The van der Waals surface area contributed by atoms with Gasteiger partial charge in [-0.05, 0) is 32.0 Å². The van der Waals surface area contributed by atoms with Crippen molar-refractivity contribution in [2.75, 3.05) is 0 Å². The zero-order valence-electron chi connectivity index (χ0n) is 13.9. The molecule has 0 aliphatic heterocycles. The Bertz CT molecular complexity index is 927. The first-order chi connectivity index (χ1) is 11.5. The molecule has 1 aromatic heterocycles. The van der Waals surface area contributed by atoms with Gasteiger partial charge in [0.2, 0.25) is 0 Å². The Morgan fingerprint density at radius 2 is 1.67 bits per heavy atom. The summed E-state index contributed by atoms with van der Waals surface area (Å²) < 4.78 is 1.97. The minimum Gasteiger partial charge on any atom is -0.342 e. The van der Waals surface area contributed by atoms with Crippen molar-refractivity contribution >= 4 is 22.7 Å². The molecular formula is C19H19N3O2. The lowest BCUT2D eigenvalue weighted by molar-refractivity contribution is 0.0925. The highest BCUT2D eigenvalue weighted by molar-refractivity contribution is 6.07. The number of carbonyl (C=O) groups excluding carboxylic acids is 2. The number of imidazole rings is 1. The van der Waals surface area contributed by atoms with E-state index in [2.05, 4.69) is 10.3 Å². The number of nitrogens with zero attached hydrogens (tertiary/aromatic N) is 2. The van der Waals surface area contributed by atoms with Crippen LogP contribution >= 0.6 is 0 Å². The molecule has 1 N–H and O–H groups in total. The number of benzene rings is 2. The monoisotopic (exact) mass is 321 g/mol.